The second-order valence-electron chi connectivity index (χ2n) is 3.09. The molecule has 0 aromatic rings. The third-order valence-corrected chi connectivity index (χ3v) is 0.717. The minimum atomic E-state index is -4.40. The molecule has 0 unspecified atom stereocenters. The van der Waals surface area contributed by atoms with Gasteiger partial charge in [-0.15, -0.1) is 0 Å². The van der Waals surface area contributed by atoms with Gasteiger partial charge in [0.2, 0.25) is 0 Å². The monoisotopic (exact) mass is 464 g/mol. The molecule has 0 bridgehead atoms. The van der Waals surface area contributed by atoms with Gasteiger partial charge in [0.15, 0.2) is 0 Å². The molecule has 0 aromatic carbocycles. The maximum atomic E-state index is 10.5. The number of aliphatic hydroxyl groups is 4. The Balaban J connectivity index is -0.0000000702. The van der Waals surface area contributed by atoms with Crippen molar-refractivity contribution in [3.8, 4) is 0 Å². The Morgan fingerprint density at radius 1 is 0.360 bits per heavy atom. The summed E-state index contributed by atoms with van der Waals surface area (Å²) in [5.74, 6) is 0. The molecule has 17 heteroatoms. The van der Waals surface area contributed by atoms with Crippen LogP contribution in [-0.2, 0) is 19.5 Å². The summed E-state index contributed by atoms with van der Waals surface area (Å²) in [7, 11) is 0. The first-order valence-corrected chi connectivity index (χ1v) is 4.95. The fraction of sp³-hybridized carbons (Fsp3) is 1.00. The van der Waals surface area contributed by atoms with Crippen molar-refractivity contribution in [2.24, 2.45) is 0 Å². The van der Waals surface area contributed by atoms with Crippen LogP contribution in [0.15, 0.2) is 0 Å². The van der Waals surface area contributed by atoms with Crippen molar-refractivity contribution in [3.05, 3.63) is 0 Å². The van der Waals surface area contributed by atoms with Crippen molar-refractivity contribution in [3.63, 3.8) is 0 Å². The molecule has 0 saturated heterocycles. The first kappa shape index (κ1) is 35.7. The average molecular weight is 466 g/mol. The first-order chi connectivity index (χ1) is 10.2. The van der Waals surface area contributed by atoms with Gasteiger partial charge in [0.25, 0.3) is 0 Å². The Morgan fingerprint density at radius 2 is 0.400 bits per heavy atom. The molecule has 0 rings (SSSR count). The van der Waals surface area contributed by atoms with E-state index >= 15 is 0 Å². The van der Waals surface area contributed by atoms with E-state index in [1.165, 1.54) is 0 Å². The molecule has 0 heterocycles. The summed E-state index contributed by atoms with van der Waals surface area (Å²) in [6.07, 6.45) is -17.6. The molecule has 0 aliphatic carbocycles. The smallest absolute Gasteiger partial charge is 0.387 e. The van der Waals surface area contributed by atoms with E-state index < -0.39 is 51.1 Å². The van der Waals surface area contributed by atoms with E-state index in [4.69, 9.17) is 20.4 Å². The van der Waals surface area contributed by atoms with Gasteiger partial charge in [-0.2, -0.15) is 52.7 Å². The van der Waals surface area contributed by atoms with Gasteiger partial charge < -0.3 is 20.4 Å². The predicted octanol–water partition coefficient (Wildman–Crippen LogP) is 2.16. The molecule has 0 saturated carbocycles. The summed E-state index contributed by atoms with van der Waals surface area (Å²) in [4.78, 5) is 0. The first-order valence-electron chi connectivity index (χ1n) is 4.95. The molecule has 0 fully saturated rings. The molecule has 0 aliphatic heterocycles. The SMILES string of the molecule is OCC(F)(F)F.OCC(F)(F)F.OCC(F)(F)F.OCC(F)(F)F.[Zn]. The molecule has 0 spiro atoms. The van der Waals surface area contributed by atoms with Crippen LogP contribution in [0.4, 0.5) is 52.7 Å². The average Bonchev–Trinajstić information content (AvgIpc) is 2.37. The van der Waals surface area contributed by atoms with Crippen molar-refractivity contribution in [2.45, 2.75) is 24.7 Å². The summed E-state index contributed by atoms with van der Waals surface area (Å²) in [6.45, 7) is -6.92. The van der Waals surface area contributed by atoms with E-state index in [0.717, 1.165) is 0 Å². The van der Waals surface area contributed by atoms with Gasteiger partial charge in [-0.3, -0.25) is 0 Å². The van der Waals surface area contributed by atoms with Crippen LogP contribution in [-0.4, -0.2) is 71.6 Å². The van der Waals surface area contributed by atoms with Gasteiger partial charge >= 0.3 is 24.7 Å². The molecule has 4 N–H and O–H groups in total. The van der Waals surface area contributed by atoms with Gasteiger partial charge in [-0.25, -0.2) is 0 Å². The topological polar surface area (TPSA) is 80.9 Å². The van der Waals surface area contributed by atoms with E-state index in [2.05, 4.69) is 0 Å². The van der Waals surface area contributed by atoms with E-state index in [-0.39, 0.29) is 19.5 Å². The molecule has 0 amide bonds. The molecule has 25 heavy (non-hydrogen) atoms. The zero-order valence-corrected chi connectivity index (χ0v) is 14.8. The fourth-order valence-electron chi connectivity index (χ4n) is 0. The summed E-state index contributed by atoms with van der Waals surface area (Å²) < 4.78 is 126. The van der Waals surface area contributed by atoms with Crippen LogP contribution in [0.2, 0.25) is 0 Å². The molecule has 0 radical (unpaired) electrons. The second-order valence-corrected chi connectivity index (χ2v) is 3.09. The summed E-state index contributed by atoms with van der Waals surface area (Å²) in [5.41, 5.74) is 0. The maximum absolute atomic E-state index is 10.5. The molecule has 4 nitrogen and oxygen atoms in total. The standard InChI is InChI=1S/4C2H3F3O.Zn/c4*3-2(4,5)1-6;/h4*6H,1H2;. The Labute approximate surface area is 144 Å². The molecular formula is C8H12F12O4Zn. The van der Waals surface area contributed by atoms with Gasteiger partial charge in [-0.05, 0) is 0 Å². The van der Waals surface area contributed by atoms with Crippen molar-refractivity contribution in [1.29, 1.82) is 0 Å². The molecule has 0 atom stereocenters. The number of aliphatic hydroxyl groups excluding tert-OH is 4. The number of halogens is 12. The van der Waals surface area contributed by atoms with Crippen LogP contribution in [0.25, 0.3) is 0 Å². The van der Waals surface area contributed by atoms with Crippen LogP contribution < -0.4 is 0 Å². The van der Waals surface area contributed by atoms with Gasteiger partial charge in [0, 0.05) is 19.5 Å². The van der Waals surface area contributed by atoms with Crippen LogP contribution in [0.1, 0.15) is 0 Å². The van der Waals surface area contributed by atoms with E-state index in [9.17, 15) is 52.7 Å². The van der Waals surface area contributed by atoms with Crippen molar-refractivity contribution in [1.82, 2.24) is 0 Å². The number of hydrogen-bond acceptors (Lipinski definition) is 4. The third kappa shape index (κ3) is 81.8. The molecular weight excluding hydrogens is 453 g/mol. The summed E-state index contributed by atoms with van der Waals surface area (Å²) in [5, 5.41) is 29.1. The van der Waals surface area contributed by atoms with Crippen molar-refractivity contribution >= 4 is 0 Å². The van der Waals surface area contributed by atoms with Gasteiger partial charge in [0.1, 0.15) is 26.4 Å². The maximum Gasteiger partial charge on any atom is 0.411 e. The third-order valence-electron chi connectivity index (χ3n) is 0.717. The number of hydrogen-bond donors (Lipinski definition) is 4. The van der Waals surface area contributed by atoms with Gasteiger partial charge in [-0.1, -0.05) is 0 Å². The van der Waals surface area contributed by atoms with E-state index in [1.807, 2.05) is 0 Å². The number of rotatable bonds is 0. The zero-order valence-electron chi connectivity index (χ0n) is 11.9. The molecule has 154 valence electrons. The molecule has 0 aromatic heterocycles. The van der Waals surface area contributed by atoms with Crippen LogP contribution in [0, 0.1) is 0 Å². The zero-order chi connectivity index (χ0) is 20.8. The van der Waals surface area contributed by atoms with Crippen LogP contribution >= 0.6 is 0 Å². The Kier molecular flexibility index (Phi) is 22.6. The minimum absolute atomic E-state index is 0. The van der Waals surface area contributed by atoms with E-state index in [1.54, 1.807) is 0 Å². The Hall–Kier alpha value is -0.377. The van der Waals surface area contributed by atoms with Crippen molar-refractivity contribution in [2.75, 3.05) is 26.4 Å². The van der Waals surface area contributed by atoms with E-state index in [0.29, 0.717) is 0 Å². The predicted molar refractivity (Wildman–Crippen MR) is 52.6 cm³/mol. The fourth-order valence-corrected chi connectivity index (χ4v) is 0. The molecule has 0 aliphatic rings. The summed E-state index contributed by atoms with van der Waals surface area (Å²) in [6, 6.07) is 0. The van der Waals surface area contributed by atoms with Crippen LogP contribution in [0.3, 0.4) is 0 Å². The quantitative estimate of drug-likeness (QED) is 0.327. The second kappa shape index (κ2) is 15.8. The Morgan fingerprint density at radius 3 is 0.400 bits per heavy atom. The summed E-state index contributed by atoms with van der Waals surface area (Å²) >= 11 is 0. The largest absolute Gasteiger partial charge is 0.411 e. The normalized spacial score (nSPS) is 11.5. The van der Waals surface area contributed by atoms with Crippen LogP contribution in [0.5, 0.6) is 0 Å². The minimum Gasteiger partial charge on any atom is -0.387 e. The van der Waals surface area contributed by atoms with Crippen molar-refractivity contribution < 1.29 is 92.6 Å². The Bertz CT molecular complexity index is 216. The number of alkyl halides is 12. The van der Waals surface area contributed by atoms with Gasteiger partial charge in [0.05, 0.1) is 0 Å².